The second kappa shape index (κ2) is 10.4. The average Bonchev–Trinajstić information content (AvgIpc) is 3.00. The van der Waals surface area contributed by atoms with E-state index in [9.17, 15) is 19.5 Å². The Labute approximate surface area is 180 Å². The third kappa shape index (κ3) is 4.56. The van der Waals surface area contributed by atoms with Crippen LogP contribution in [0.1, 0.15) is 54.4 Å². The van der Waals surface area contributed by atoms with E-state index in [1.807, 2.05) is 46.8 Å². The lowest BCUT2D eigenvalue weighted by molar-refractivity contribution is -0.156. The first-order valence-corrected chi connectivity index (χ1v) is 11.3. The molecule has 2 N–H and O–H groups in total. The molecule has 1 aliphatic heterocycles. The molecule has 0 aromatic rings. The van der Waals surface area contributed by atoms with Crippen molar-refractivity contribution in [3.8, 4) is 0 Å². The lowest BCUT2D eigenvalue weighted by atomic mass is 9.69. The van der Waals surface area contributed by atoms with Gasteiger partial charge in [0, 0.05) is 12.0 Å². The first-order valence-electron chi connectivity index (χ1n) is 11.3. The quantitative estimate of drug-likeness (QED) is 0.438. The van der Waals surface area contributed by atoms with Crippen molar-refractivity contribution in [3.05, 3.63) is 12.2 Å². The molecule has 7 nitrogen and oxygen atoms in total. The zero-order valence-corrected chi connectivity index (χ0v) is 19.1. The standard InChI is InChI=1S/C23H38N2O5/c1-7-14(6)17(12-26)25-20(21(27)24-13(4)5)16-11-10-15(8-2)18(19(16)22(25)28)23(29)30-9-3/h10-11,13-20,26H,7-9,12H2,1-6H3,(H,24,27)/t14-,15+,16-,17-,18+,19+,20-/m0/s1. The third-order valence-electron chi connectivity index (χ3n) is 6.62. The fraction of sp³-hybridized carbons (Fsp3) is 0.783. The van der Waals surface area contributed by atoms with Gasteiger partial charge in [0.25, 0.3) is 0 Å². The van der Waals surface area contributed by atoms with Crippen LogP contribution in [0.5, 0.6) is 0 Å². The topological polar surface area (TPSA) is 95.9 Å². The highest BCUT2D eigenvalue weighted by molar-refractivity contribution is 5.96. The predicted octanol–water partition coefficient (Wildman–Crippen LogP) is 2.14. The molecule has 1 aliphatic carbocycles. The average molecular weight is 423 g/mol. The van der Waals surface area contributed by atoms with Crippen molar-refractivity contribution in [1.29, 1.82) is 0 Å². The van der Waals surface area contributed by atoms with E-state index in [1.165, 1.54) is 0 Å². The smallest absolute Gasteiger partial charge is 0.310 e. The lowest BCUT2D eigenvalue weighted by Crippen LogP contribution is -2.55. The summed E-state index contributed by atoms with van der Waals surface area (Å²) in [5, 5.41) is 13.1. The zero-order chi connectivity index (χ0) is 22.6. The summed E-state index contributed by atoms with van der Waals surface area (Å²) < 4.78 is 5.33. The molecule has 1 saturated heterocycles. The van der Waals surface area contributed by atoms with Crippen molar-refractivity contribution in [1.82, 2.24) is 10.2 Å². The number of hydrogen-bond donors (Lipinski definition) is 2. The molecule has 30 heavy (non-hydrogen) atoms. The maximum absolute atomic E-state index is 13.7. The van der Waals surface area contributed by atoms with Crippen LogP contribution in [0.3, 0.4) is 0 Å². The second-order valence-corrected chi connectivity index (χ2v) is 8.83. The first-order chi connectivity index (χ1) is 14.2. The van der Waals surface area contributed by atoms with Crippen LogP contribution in [-0.4, -0.2) is 59.1 Å². The van der Waals surface area contributed by atoms with E-state index >= 15 is 0 Å². The molecule has 7 heteroatoms. The Kier molecular flexibility index (Phi) is 8.47. The minimum Gasteiger partial charge on any atom is -0.466 e. The predicted molar refractivity (Wildman–Crippen MR) is 114 cm³/mol. The third-order valence-corrected chi connectivity index (χ3v) is 6.62. The number of allylic oxidation sites excluding steroid dienone is 1. The van der Waals surface area contributed by atoms with E-state index in [2.05, 4.69) is 5.32 Å². The van der Waals surface area contributed by atoms with Crippen LogP contribution in [0.2, 0.25) is 0 Å². The number of likely N-dealkylation sites (tertiary alicyclic amines) is 1. The summed E-state index contributed by atoms with van der Waals surface area (Å²) in [6.07, 6.45) is 5.36. The fourth-order valence-corrected chi connectivity index (χ4v) is 4.94. The van der Waals surface area contributed by atoms with Crippen LogP contribution in [0.15, 0.2) is 12.2 Å². The highest BCUT2D eigenvalue weighted by Gasteiger charge is 2.59. The van der Waals surface area contributed by atoms with Gasteiger partial charge in [-0.05, 0) is 39.0 Å². The van der Waals surface area contributed by atoms with Crippen molar-refractivity contribution >= 4 is 17.8 Å². The molecule has 0 unspecified atom stereocenters. The summed E-state index contributed by atoms with van der Waals surface area (Å²) in [6, 6.07) is -1.31. The van der Waals surface area contributed by atoms with Crippen LogP contribution in [0.4, 0.5) is 0 Å². The Balaban J connectivity index is 2.56. The Bertz CT molecular complexity index is 662. The van der Waals surface area contributed by atoms with Crippen LogP contribution in [-0.2, 0) is 19.1 Å². The van der Waals surface area contributed by atoms with Crippen LogP contribution < -0.4 is 5.32 Å². The van der Waals surface area contributed by atoms with Crippen molar-refractivity contribution in [2.75, 3.05) is 13.2 Å². The molecule has 2 aliphatic rings. The van der Waals surface area contributed by atoms with Gasteiger partial charge in [-0.25, -0.2) is 0 Å². The van der Waals surface area contributed by atoms with Crippen molar-refractivity contribution in [2.24, 2.45) is 29.6 Å². The van der Waals surface area contributed by atoms with Crippen molar-refractivity contribution in [3.63, 3.8) is 0 Å². The summed E-state index contributed by atoms with van der Waals surface area (Å²) in [5.74, 6) is -2.65. The van der Waals surface area contributed by atoms with E-state index < -0.39 is 29.8 Å². The Morgan fingerprint density at radius 2 is 1.87 bits per heavy atom. The molecular formula is C23H38N2O5. The Morgan fingerprint density at radius 1 is 1.20 bits per heavy atom. The Hall–Kier alpha value is -1.89. The van der Waals surface area contributed by atoms with Gasteiger partial charge in [-0.3, -0.25) is 14.4 Å². The van der Waals surface area contributed by atoms with Gasteiger partial charge < -0.3 is 20.1 Å². The van der Waals surface area contributed by atoms with Gasteiger partial charge in [0.05, 0.1) is 31.1 Å². The maximum atomic E-state index is 13.7. The van der Waals surface area contributed by atoms with E-state index in [0.717, 1.165) is 6.42 Å². The lowest BCUT2D eigenvalue weighted by Gasteiger charge is -2.36. The number of ether oxygens (including phenoxy) is 1. The van der Waals surface area contributed by atoms with Crippen molar-refractivity contribution < 1.29 is 24.2 Å². The van der Waals surface area contributed by atoms with Gasteiger partial charge >= 0.3 is 5.97 Å². The summed E-state index contributed by atoms with van der Waals surface area (Å²) in [6.45, 7) is 11.5. The molecule has 0 aromatic heterocycles. The van der Waals surface area contributed by atoms with Gasteiger partial charge in [-0.15, -0.1) is 0 Å². The number of rotatable bonds is 9. The number of carbonyl (C=O) groups excluding carboxylic acids is 3. The van der Waals surface area contributed by atoms with E-state index in [1.54, 1.807) is 11.8 Å². The maximum Gasteiger partial charge on any atom is 0.310 e. The van der Waals surface area contributed by atoms with Crippen LogP contribution in [0, 0.1) is 29.6 Å². The van der Waals surface area contributed by atoms with E-state index in [-0.39, 0.29) is 48.9 Å². The number of hydrogen-bond acceptors (Lipinski definition) is 5. The van der Waals surface area contributed by atoms with Gasteiger partial charge in [-0.2, -0.15) is 0 Å². The number of amides is 2. The number of fused-ring (bicyclic) bond motifs is 1. The summed E-state index contributed by atoms with van der Waals surface area (Å²) in [4.78, 5) is 41.4. The molecule has 2 amide bonds. The van der Waals surface area contributed by atoms with Crippen LogP contribution >= 0.6 is 0 Å². The highest BCUT2D eigenvalue weighted by atomic mass is 16.5. The number of nitrogens with one attached hydrogen (secondary N) is 1. The first kappa shape index (κ1) is 24.4. The number of carbonyl (C=O) groups is 3. The molecule has 0 spiro atoms. The van der Waals surface area contributed by atoms with Gasteiger partial charge in [0.2, 0.25) is 11.8 Å². The summed E-state index contributed by atoms with van der Waals surface area (Å²) >= 11 is 0. The number of nitrogens with zero attached hydrogens (tertiary/aromatic N) is 1. The highest BCUT2D eigenvalue weighted by Crippen LogP contribution is 2.46. The molecular weight excluding hydrogens is 384 g/mol. The zero-order valence-electron chi connectivity index (χ0n) is 19.1. The molecule has 1 heterocycles. The fourth-order valence-electron chi connectivity index (χ4n) is 4.94. The molecule has 2 rings (SSSR count). The largest absolute Gasteiger partial charge is 0.466 e. The molecule has 0 aromatic carbocycles. The van der Waals surface area contributed by atoms with E-state index in [4.69, 9.17) is 4.74 Å². The minimum absolute atomic E-state index is 0.0143. The Morgan fingerprint density at radius 3 is 2.37 bits per heavy atom. The van der Waals surface area contributed by atoms with Gasteiger partial charge in [-0.1, -0.05) is 39.3 Å². The number of aliphatic hydroxyl groups is 1. The molecule has 0 saturated carbocycles. The minimum atomic E-state index is -0.748. The van der Waals surface area contributed by atoms with Gasteiger partial charge in [0.1, 0.15) is 6.04 Å². The van der Waals surface area contributed by atoms with Gasteiger partial charge in [0.15, 0.2) is 0 Å². The second-order valence-electron chi connectivity index (χ2n) is 8.83. The number of esters is 1. The summed E-state index contributed by atoms with van der Waals surface area (Å²) in [7, 11) is 0. The molecule has 7 atom stereocenters. The molecule has 0 bridgehead atoms. The molecule has 1 fully saturated rings. The van der Waals surface area contributed by atoms with Crippen LogP contribution in [0.25, 0.3) is 0 Å². The summed E-state index contributed by atoms with van der Waals surface area (Å²) in [5.41, 5.74) is 0. The molecule has 0 radical (unpaired) electrons. The monoisotopic (exact) mass is 422 g/mol. The molecule has 170 valence electrons. The normalized spacial score (nSPS) is 30.2. The van der Waals surface area contributed by atoms with Crippen molar-refractivity contribution in [2.45, 2.75) is 72.5 Å². The van der Waals surface area contributed by atoms with E-state index in [0.29, 0.717) is 6.42 Å². The SMILES string of the molecule is CCOC(=O)[C@H]1[C@@H]2C(=O)N([C@@H](CO)[C@@H](C)CC)[C@H](C(=O)NC(C)C)[C@H]2C=C[C@H]1CC. The number of aliphatic hydroxyl groups excluding tert-OH is 1.